The fraction of sp³-hybridized carbons (Fsp3) is 0.480. The normalized spacial score (nSPS) is 15.7. The maximum absolute atomic E-state index is 12.7. The SMILES string of the molecule is CCC(Oc1cccc(C)c1C)C(=O)NCc1cccc(CN2CCCCC2)c1. The van der Waals surface area contributed by atoms with E-state index in [1.807, 2.05) is 26.0 Å². The molecule has 0 spiro atoms. The molecule has 1 amide bonds. The van der Waals surface area contributed by atoms with Crippen LogP contribution in [0.3, 0.4) is 0 Å². The zero-order chi connectivity index (χ0) is 20.6. The number of ether oxygens (including phenoxy) is 1. The van der Waals surface area contributed by atoms with Gasteiger partial charge in [0.1, 0.15) is 5.75 Å². The second-order valence-electron chi connectivity index (χ2n) is 8.09. The van der Waals surface area contributed by atoms with Crippen LogP contribution in [0.4, 0.5) is 0 Å². The second kappa shape index (κ2) is 10.4. The molecule has 1 atom stereocenters. The van der Waals surface area contributed by atoms with E-state index in [4.69, 9.17) is 4.74 Å². The molecule has 2 aromatic carbocycles. The van der Waals surface area contributed by atoms with Crippen molar-refractivity contribution in [1.29, 1.82) is 0 Å². The number of carbonyl (C=O) groups excluding carboxylic acids is 1. The van der Waals surface area contributed by atoms with Gasteiger partial charge in [-0.05, 0) is 74.5 Å². The Morgan fingerprint density at radius 3 is 2.55 bits per heavy atom. The van der Waals surface area contributed by atoms with Gasteiger partial charge in [0.15, 0.2) is 6.10 Å². The zero-order valence-corrected chi connectivity index (χ0v) is 18.0. The quantitative estimate of drug-likeness (QED) is 0.702. The maximum Gasteiger partial charge on any atom is 0.261 e. The molecule has 1 aliphatic heterocycles. The molecule has 1 N–H and O–H groups in total. The van der Waals surface area contributed by atoms with E-state index in [1.54, 1.807) is 0 Å². The topological polar surface area (TPSA) is 41.6 Å². The fourth-order valence-corrected chi connectivity index (χ4v) is 3.84. The number of hydrogen-bond acceptors (Lipinski definition) is 3. The lowest BCUT2D eigenvalue weighted by molar-refractivity contribution is -0.128. The highest BCUT2D eigenvalue weighted by Crippen LogP contribution is 2.22. The number of nitrogens with zero attached hydrogens (tertiary/aromatic N) is 1. The Balaban J connectivity index is 1.56. The molecule has 3 rings (SSSR count). The average molecular weight is 395 g/mol. The minimum atomic E-state index is -0.480. The van der Waals surface area contributed by atoms with Gasteiger partial charge in [0, 0.05) is 13.1 Å². The maximum atomic E-state index is 12.7. The molecule has 0 radical (unpaired) electrons. The van der Waals surface area contributed by atoms with Crippen molar-refractivity contribution >= 4 is 5.91 Å². The van der Waals surface area contributed by atoms with Gasteiger partial charge in [0.25, 0.3) is 5.91 Å². The molecule has 0 aliphatic carbocycles. The third-order valence-corrected chi connectivity index (χ3v) is 5.80. The largest absolute Gasteiger partial charge is 0.480 e. The molecule has 29 heavy (non-hydrogen) atoms. The first-order chi connectivity index (χ1) is 14.1. The lowest BCUT2D eigenvalue weighted by Crippen LogP contribution is -2.37. The molecule has 1 unspecified atom stereocenters. The van der Waals surface area contributed by atoms with Crippen molar-refractivity contribution < 1.29 is 9.53 Å². The number of aryl methyl sites for hydroxylation is 1. The number of benzene rings is 2. The summed E-state index contributed by atoms with van der Waals surface area (Å²) in [6, 6.07) is 14.5. The highest BCUT2D eigenvalue weighted by atomic mass is 16.5. The molecule has 0 saturated carbocycles. The monoisotopic (exact) mass is 394 g/mol. The number of nitrogens with one attached hydrogen (secondary N) is 1. The van der Waals surface area contributed by atoms with Gasteiger partial charge in [-0.3, -0.25) is 9.69 Å². The number of rotatable bonds is 8. The van der Waals surface area contributed by atoms with Crippen molar-refractivity contribution in [3.8, 4) is 5.75 Å². The summed E-state index contributed by atoms with van der Waals surface area (Å²) in [5, 5.41) is 3.06. The predicted molar refractivity (Wildman–Crippen MR) is 118 cm³/mol. The van der Waals surface area contributed by atoms with Crippen molar-refractivity contribution in [1.82, 2.24) is 10.2 Å². The van der Waals surface area contributed by atoms with Gasteiger partial charge >= 0.3 is 0 Å². The smallest absolute Gasteiger partial charge is 0.261 e. The van der Waals surface area contributed by atoms with Gasteiger partial charge in [-0.1, -0.05) is 49.7 Å². The Labute approximate surface area is 175 Å². The molecule has 1 aliphatic rings. The molecule has 0 aromatic heterocycles. The minimum absolute atomic E-state index is 0.0603. The Kier molecular flexibility index (Phi) is 7.70. The van der Waals surface area contributed by atoms with Gasteiger partial charge in [-0.15, -0.1) is 0 Å². The number of piperidine rings is 1. The second-order valence-corrected chi connectivity index (χ2v) is 8.09. The molecule has 156 valence electrons. The molecule has 2 aromatic rings. The van der Waals surface area contributed by atoms with Crippen molar-refractivity contribution in [2.24, 2.45) is 0 Å². The standard InChI is InChI=1S/C25H34N2O2/c1-4-23(29-24-13-8-10-19(2)20(24)3)25(28)26-17-21-11-9-12-22(16-21)18-27-14-6-5-7-15-27/h8-13,16,23H,4-7,14-15,17-18H2,1-3H3,(H,26,28). The van der Waals surface area contributed by atoms with Gasteiger partial charge < -0.3 is 10.1 Å². The Bertz CT molecular complexity index is 812. The lowest BCUT2D eigenvalue weighted by atomic mass is 10.1. The molecular formula is C25H34N2O2. The van der Waals surface area contributed by atoms with Crippen molar-refractivity contribution in [3.05, 3.63) is 64.7 Å². The summed E-state index contributed by atoms with van der Waals surface area (Å²) in [5.41, 5.74) is 4.71. The van der Waals surface area contributed by atoms with Gasteiger partial charge in [0.2, 0.25) is 0 Å². The Morgan fingerprint density at radius 1 is 1.07 bits per heavy atom. The first-order valence-corrected chi connectivity index (χ1v) is 10.9. The van der Waals surface area contributed by atoms with Crippen LogP contribution in [0.25, 0.3) is 0 Å². The van der Waals surface area contributed by atoms with Gasteiger partial charge in [-0.2, -0.15) is 0 Å². The molecule has 1 fully saturated rings. The fourth-order valence-electron chi connectivity index (χ4n) is 3.84. The Hall–Kier alpha value is -2.33. The van der Waals surface area contributed by atoms with Crippen LogP contribution in [-0.2, 0) is 17.9 Å². The summed E-state index contributed by atoms with van der Waals surface area (Å²) in [5.74, 6) is 0.727. The highest BCUT2D eigenvalue weighted by Gasteiger charge is 2.19. The van der Waals surface area contributed by atoms with E-state index < -0.39 is 6.10 Å². The van der Waals surface area contributed by atoms with Gasteiger partial charge in [0.05, 0.1) is 0 Å². The van der Waals surface area contributed by atoms with E-state index in [1.165, 1.54) is 43.5 Å². The molecular weight excluding hydrogens is 360 g/mol. The molecule has 0 bridgehead atoms. The first-order valence-electron chi connectivity index (χ1n) is 10.9. The molecule has 1 heterocycles. The predicted octanol–water partition coefficient (Wildman–Crippen LogP) is 4.76. The summed E-state index contributed by atoms with van der Waals surface area (Å²) in [4.78, 5) is 15.2. The van der Waals surface area contributed by atoms with Crippen LogP contribution in [0.5, 0.6) is 5.75 Å². The van der Waals surface area contributed by atoms with Crippen molar-refractivity contribution in [2.75, 3.05) is 13.1 Å². The van der Waals surface area contributed by atoms with E-state index in [2.05, 4.69) is 47.5 Å². The number of likely N-dealkylation sites (tertiary alicyclic amines) is 1. The number of hydrogen-bond donors (Lipinski definition) is 1. The third-order valence-electron chi connectivity index (χ3n) is 5.80. The summed E-state index contributed by atoms with van der Waals surface area (Å²) in [7, 11) is 0. The van der Waals surface area contributed by atoms with Crippen LogP contribution < -0.4 is 10.1 Å². The number of amides is 1. The summed E-state index contributed by atoms with van der Waals surface area (Å²) in [6.07, 6.45) is 4.11. The first kappa shape index (κ1) is 21.4. The van der Waals surface area contributed by atoms with Crippen molar-refractivity contribution in [2.45, 2.75) is 65.6 Å². The van der Waals surface area contributed by atoms with E-state index in [9.17, 15) is 4.79 Å². The highest BCUT2D eigenvalue weighted by molar-refractivity contribution is 5.81. The molecule has 1 saturated heterocycles. The lowest BCUT2D eigenvalue weighted by Gasteiger charge is -2.26. The van der Waals surface area contributed by atoms with Crippen molar-refractivity contribution in [3.63, 3.8) is 0 Å². The van der Waals surface area contributed by atoms with Gasteiger partial charge in [-0.25, -0.2) is 0 Å². The molecule has 4 nitrogen and oxygen atoms in total. The number of carbonyl (C=O) groups is 1. The van der Waals surface area contributed by atoms with Crippen LogP contribution >= 0.6 is 0 Å². The third kappa shape index (κ3) is 6.07. The molecule has 4 heteroatoms. The zero-order valence-electron chi connectivity index (χ0n) is 18.0. The van der Waals surface area contributed by atoms with E-state index in [-0.39, 0.29) is 5.91 Å². The summed E-state index contributed by atoms with van der Waals surface area (Å²) < 4.78 is 6.03. The Morgan fingerprint density at radius 2 is 1.79 bits per heavy atom. The average Bonchev–Trinajstić information content (AvgIpc) is 2.74. The van der Waals surface area contributed by atoms with Crippen LogP contribution in [0.2, 0.25) is 0 Å². The van der Waals surface area contributed by atoms with Crippen LogP contribution in [0.1, 0.15) is 54.9 Å². The van der Waals surface area contributed by atoms with E-state index in [0.29, 0.717) is 13.0 Å². The van der Waals surface area contributed by atoms with E-state index in [0.717, 1.165) is 23.4 Å². The minimum Gasteiger partial charge on any atom is -0.480 e. The van der Waals surface area contributed by atoms with Crippen LogP contribution in [0.15, 0.2) is 42.5 Å². The van der Waals surface area contributed by atoms with Crippen LogP contribution in [0, 0.1) is 13.8 Å². The van der Waals surface area contributed by atoms with E-state index >= 15 is 0 Å². The summed E-state index contributed by atoms with van der Waals surface area (Å²) >= 11 is 0. The summed E-state index contributed by atoms with van der Waals surface area (Å²) in [6.45, 7) is 9.97. The van der Waals surface area contributed by atoms with Crippen LogP contribution in [-0.4, -0.2) is 30.0 Å².